The molecule has 338 valence electrons. The predicted molar refractivity (Wildman–Crippen MR) is 231 cm³/mol. The van der Waals surface area contributed by atoms with E-state index in [0.717, 1.165) is 33.8 Å². The number of carboxylic acids is 1. The number of carboxylic acid groups (broad SMARTS) is 1. The van der Waals surface area contributed by atoms with Crippen molar-refractivity contribution < 1.29 is 56.9 Å². The SMILES string of the molecule is CC(C)(C)OC(=O)NC(Cc1sccc1F)C(=O)N[C@]1(C(=O)O)CC1c1ccccc1.COC(=O)[C@@]1(NC(=O)C(Cc2sccc2F)NC(=O)OC(C)(C)C)CC1c1ccccc1. The van der Waals surface area contributed by atoms with E-state index in [-0.39, 0.29) is 30.1 Å². The first kappa shape index (κ1) is 48.2. The van der Waals surface area contributed by atoms with Crippen molar-refractivity contribution in [3.8, 4) is 0 Å². The Kier molecular flexibility index (Phi) is 15.0. The van der Waals surface area contributed by atoms with Gasteiger partial charge in [0.1, 0.15) is 46.0 Å². The summed E-state index contributed by atoms with van der Waals surface area (Å²) in [5.41, 5.74) is -2.60. The van der Waals surface area contributed by atoms with Crippen LogP contribution in [0, 0.1) is 11.6 Å². The molecule has 2 fully saturated rings. The lowest BCUT2D eigenvalue weighted by Crippen LogP contribution is -2.55. The van der Waals surface area contributed by atoms with Crippen molar-refractivity contribution in [2.75, 3.05) is 7.11 Å². The van der Waals surface area contributed by atoms with Gasteiger partial charge in [-0.2, -0.15) is 0 Å². The number of amides is 4. The summed E-state index contributed by atoms with van der Waals surface area (Å²) in [5, 5.41) is 23.2. The molecule has 2 heterocycles. The van der Waals surface area contributed by atoms with Gasteiger partial charge < -0.3 is 40.6 Å². The van der Waals surface area contributed by atoms with E-state index in [9.17, 15) is 42.7 Å². The summed E-state index contributed by atoms with van der Waals surface area (Å²) in [7, 11) is 1.26. The molecule has 0 aliphatic heterocycles. The van der Waals surface area contributed by atoms with Crippen LogP contribution in [-0.2, 0) is 46.2 Å². The minimum absolute atomic E-state index is 0.0815. The maximum absolute atomic E-state index is 14.1. The van der Waals surface area contributed by atoms with Crippen LogP contribution in [0.5, 0.6) is 0 Å². The Balaban J connectivity index is 0.000000238. The number of rotatable bonds is 14. The summed E-state index contributed by atoms with van der Waals surface area (Å²) < 4.78 is 43.5. The molecule has 18 heteroatoms. The van der Waals surface area contributed by atoms with E-state index in [2.05, 4.69) is 21.3 Å². The predicted octanol–water partition coefficient (Wildman–Crippen LogP) is 6.99. The number of alkyl carbamates (subject to hydrolysis) is 2. The molecular formula is C45H52F2N4O10S2. The van der Waals surface area contributed by atoms with Crippen molar-refractivity contribution in [2.45, 2.75) is 113 Å². The molecule has 2 aromatic heterocycles. The van der Waals surface area contributed by atoms with Gasteiger partial charge in [0.2, 0.25) is 11.8 Å². The highest BCUT2D eigenvalue weighted by Gasteiger charge is 2.64. The van der Waals surface area contributed by atoms with E-state index < -0.39 is 87.9 Å². The first-order valence-electron chi connectivity index (χ1n) is 20.1. The Morgan fingerprint density at radius 2 is 1.05 bits per heavy atom. The van der Waals surface area contributed by atoms with E-state index in [4.69, 9.17) is 14.2 Å². The number of ether oxygens (including phenoxy) is 3. The summed E-state index contributed by atoms with van der Waals surface area (Å²) in [6.45, 7) is 10.1. The average Bonchev–Trinajstić information content (AvgIpc) is 4.03. The molecule has 6 rings (SSSR count). The minimum Gasteiger partial charge on any atom is -0.479 e. The molecule has 6 atom stereocenters. The number of thiophene rings is 2. The number of methoxy groups -OCH3 is 1. The number of nitrogens with one attached hydrogen (secondary N) is 4. The Bertz CT molecular complexity index is 2280. The minimum atomic E-state index is -1.47. The maximum Gasteiger partial charge on any atom is 0.408 e. The average molecular weight is 911 g/mol. The van der Waals surface area contributed by atoms with Gasteiger partial charge in [-0.1, -0.05) is 60.7 Å². The van der Waals surface area contributed by atoms with E-state index in [1.54, 1.807) is 71.2 Å². The van der Waals surface area contributed by atoms with Crippen molar-refractivity contribution in [1.29, 1.82) is 0 Å². The van der Waals surface area contributed by atoms with Crippen molar-refractivity contribution in [3.63, 3.8) is 0 Å². The van der Waals surface area contributed by atoms with E-state index in [0.29, 0.717) is 11.3 Å². The molecule has 2 aliphatic rings. The van der Waals surface area contributed by atoms with Gasteiger partial charge in [0.05, 0.1) is 7.11 Å². The first-order valence-corrected chi connectivity index (χ1v) is 21.8. The summed E-state index contributed by atoms with van der Waals surface area (Å²) in [6, 6.07) is 18.6. The smallest absolute Gasteiger partial charge is 0.408 e. The molecule has 0 radical (unpaired) electrons. The molecule has 63 heavy (non-hydrogen) atoms. The fourth-order valence-corrected chi connectivity index (χ4v) is 8.56. The van der Waals surface area contributed by atoms with Gasteiger partial charge in [0.25, 0.3) is 0 Å². The number of hydrogen-bond donors (Lipinski definition) is 5. The highest BCUT2D eigenvalue weighted by Crippen LogP contribution is 2.53. The molecule has 2 aliphatic carbocycles. The van der Waals surface area contributed by atoms with Crippen LogP contribution in [0.25, 0.3) is 0 Å². The zero-order chi connectivity index (χ0) is 46.3. The Morgan fingerprint density at radius 1 is 0.667 bits per heavy atom. The van der Waals surface area contributed by atoms with Crippen molar-refractivity contribution in [1.82, 2.24) is 21.3 Å². The number of esters is 1. The largest absolute Gasteiger partial charge is 0.479 e. The van der Waals surface area contributed by atoms with Gasteiger partial charge in [-0.25, -0.2) is 28.0 Å². The number of hydrogen-bond acceptors (Lipinski definition) is 11. The molecule has 14 nitrogen and oxygen atoms in total. The highest BCUT2D eigenvalue weighted by atomic mass is 32.1. The van der Waals surface area contributed by atoms with Gasteiger partial charge in [-0.05, 0) is 88.4 Å². The molecule has 2 saturated carbocycles. The monoisotopic (exact) mass is 910 g/mol. The van der Waals surface area contributed by atoms with Crippen LogP contribution in [0.3, 0.4) is 0 Å². The fourth-order valence-electron chi connectivity index (χ4n) is 6.97. The lowest BCUT2D eigenvalue weighted by molar-refractivity contribution is -0.146. The molecule has 4 aromatic rings. The fraction of sp³-hybridized carbons (Fsp3) is 0.422. The summed E-state index contributed by atoms with van der Waals surface area (Å²) in [4.78, 5) is 76.1. The Labute approximate surface area is 372 Å². The lowest BCUT2D eigenvalue weighted by atomic mass is 10.0. The third kappa shape index (κ3) is 12.6. The number of aliphatic carboxylic acids is 1. The molecule has 5 N–H and O–H groups in total. The third-order valence-electron chi connectivity index (χ3n) is 10.1. The lowest BCUT2D eigenvalue weighted by Gasteiger charge is -2.25. The van der Waals surface area contributed by atoms with Gasteiger partial charge in [-0.15, -0.1) is 22.7 Å². The molecule has 0 saturated heterocycles. The molecule has 0 bridgehead atoms. The summed E-state index contributed by atoms with van der Waals surface area (Å²) in [6.07, 6.45) is -1.27. The number of carbonyl (C=O) groups is 6. The normalized spacial score (nSPS) is 20.9. The Morgan fingerprint density at radius 3 is 1.40 bits per heavy atom. The zero-order valence-electron chi connectivity index (χ0n) is 35.9. The zero-order valence-corrected chi connectivity index (χ0v) is 37.5. The second-order valence-electron chi connectivity index (χ2n) is 17.2. The molecule has 4 unspecified atom stereocenters. The number of halogens is 2. The van der Waals surface area contributed by atoms with Gasteiger partial charge in [0.15, 0.2) is 0 Å². The molecule has 0 spiro atoms. The second-order valence-corrected chi connectivity index (χ2v) is 19.2. The van der Waals surface area contributed by atoms with Crippen molar-refractivity contribution in [2.24, 2.45) is 0 Å². The van der Waals surface area contributed by atoms with Crippen LogP contribution in [0.4, 0.5) is 18.4 Å². The van der Waals surface area contributed by atoms with Crippen LogP contribution in [0.15, 0.2) is 83.6 Å². The molecule has 2 aromatic carbocycles. The van der Waals surface area contributed by atoms with E-state index >= 15 is 0 Å². The van der Waals surface area contributed by atoms with Gasteiger partial charge >= 0.3 is 24.1 Å². The van der Waals surface area contributed by atoms with E-state index in [1.165, 1.54) is 24.6 Å². The van der Waals surface area contributed by atoms with Crippen LogP contribution in [0.1, 0.15) is 87.1 Å². The van der Waals surface area contributed by atoms with Crippen molar-refractivity contribution in [3.05, 3.63) is 116 Å². The van der Waals surface area contributed by atoms with Gasteiger partial charge in [0, 0.05) is 34.4 Å². The standard InChI is InChI=1S/C23H27FN2O5S.C22H25FN2O5S/c1-22(2,3)31-21(29)25-17(12-18-16(24)10-11-32-18)19(27)26-23(20(28)30-4)13-15(23)14-8-6-5-7-9-14;1-21(2,3)30-20(29)24-16(11-17-15(23)9-10-31-17)18(26)25-22(19(27)28)12-14(22)13-7-5-4-6-8-13/h5-11,15,17H,12-13H2,1-4H3,(H,25,29)(H,26,27);4-10,14,16H,11-12H2,1-3H3,(H,24,29)(H,25,26)(H,27,28)/t15?,17?,23-;14?,16?,22-/m11/s1. The highest BCUT2D eigenvalue weighted by molar-refractivity contribution is 7.10. The second kappa shape index (κ2) is 19.7. The van der Waals surface area contributed by atoms with Crippen LogP contribution >= 0.6 is 22.7 Å². The first-order chi connectivity index (χ1) is 29.6. The summed E-state index contributed by atoms with van der Waals surface area (Å²) >= 11 is 2.25. The Hall–Kier alpha value is -5.88. The van der Waals surface area contributed by atoms with Crippen molar-refractivity contribution >= 4 is 58.6 Å². The van der Waals surface area contributed by atoms with E-state index in [1.807, 2.05) is 36.4 Å². The summed E-state index contributed by atoms with van der Waals surface area (Å²) in [5.74, 6) is -4.67. The maximum atomic E-state index is 14.1. The van der Waals surface area contributed by atoms with Crippen LogP contribution in [-0.4, -0.2) is 82.5 Å². The molecular weight excluding hydrogens is 859 g/mol. The topological polar surface area (TPSA) is 198 Å². The van der Waals surface area contributed by atoms with Crippen LogP contribution in [0.2, 0.25) is 0 Å². The van der Waals surface area contributed by atoms with Gasteiger partial charge in [-0.3, -0.25) is 9.59 Å². The third-order valence-corrected chi connectivity index (χ3v) is 12.0. The quantitative estimate of drug-likeness (QED) is 0.0650. The number of carbonyl (C=O) groups excluding carboxylic acids is 5. The number of benzene rings is 2. The molecule has 4 amide bonds. The van der Waals surface area contributed by atoms with Crippen LogP contribution < -0.4 is 21.3 Å².